The van der Waals surface area contributed by atoms with Crippen LogP contribution in [0.3, 0.4) is 0 Å². The lowest BCUT2D eigenvalue weighted by atomic mass is 9.77. The number of aliphatic hydroxyl groups is 1. The highest BCUT2D eigenvalue weighted by molar-refractivity contribution is 5.19. The van der Waals surface area contributed by atoms with Crippen molar-refractivity contribution < 1.29 is 5.11 Å². The maximum absolute atomic E-state index is 10.5. The van der Waals surface area contributed by atoms with Crippen LogP contribution in [0, 0.1) is 0 Å². The van der Waals surface area contributed by atoms with E-state index in [4.69, 9.17) is 0 Å². The molecule has 1 fully saturated rings. The molecule has 0 unspecified atom stereocenters. The minimum atomic E-state index is -0.395. The molecule has 0 bridgehead atoms. The first kappa shape index (κ1) is 11.7. The van der Waals surface area contributed by atoms with E-state index in [1.165, 1.54) is 24.8 Å². The minimum absolute atomic E-state index is 0.395. The molecular formula is C15H22O. The summed E-state index contributed by atoms with van der Waals surface area (Å²) in [4.78, 5) is 0. The van der Waals surface area contributed by atoms with E-state index in [0.29, 0.717) is 5.92 Å². The fourth-order valence-corrected chi connectivity index (χ4v) is 2.88. The normalized spacial score (nSPS) is 21.6. The lowest BCUT2D eigenvalue weighted by Gasteiger charge is -2.34. The molecule has 1 N–H and O–H groups in total. The van der Waals surface area contributed by atoms with Crippen LogP contribution < -0.4 is 0 Å². The van der Waals surface area contributed by atoms with Crippen LogP contribution in [0.5, 0.6) is 0 Å². The summed E-state index contributed by atoms with van der Waals surface area (Å²) in [5.74, 6) is 0.462. The van der Waals surface area contributed by atoms with Crippen LogP contribution in [0.25, 0.3) is 0 Å². The Bertz CT molecular complexity index is 311. The highest BCUT2D eigenvalue weighted by atomic mass is 16.3. The summed E-state index contributed by atoms with van der Waals surface area (Å²) < 4.78 is 0. The summed E-state index contributed by atoms with van der Waals surface area (Å²) in [6.07, 6.45) is 6.57. The van der Waals surface area contributed by atoms with Crippen molar-refractivity contribution in [1.29, 1.82) is 0 Å². The van der Waals surface area contributed by atoms with Crippen LogP contribution in [0.2, 0.25) is 0 Å². The van der Waals surface area contributed by atoms with Gasteiger partial charge >= 0.3 is 0 Å². The Morgan fingerprint density at radius 3 is 2.38 bits per heavy atom. The van der Waals surface area contributed by atoms with E-state index in [2.05, 4.69) is 31.2 Å². The second-order valence-corrected chi connectivity index (χ2v) is 5.30. The summed E-state index contributed by atoms with van der Waals surface area (Å²) in [6.45, 7) is 2.22. The van der Waals surface area contributed by atoms with Crippen molar-refractivity contribution in [3.8, 4) is 0 Å². The van der Waals surface area contributed by atoms with Gasteiger partial charge in [0.15, 0.2) is 0 Å². The van der Waals surface area contributed by atoms with Crippen molar-refractivity contribution in [3.63, 3.8) is 0 Å². The number of hydrogen-bond acceptors (Lipinski definition) is 1. The highest BCUT2D eigenvalue weighted by Gasteiger charge is 2.30. The monoisotopic (exact) mass is 218 g/mol. The van der Waals surface area contributed by atoms with Gasteiger partial charge in [-0.1, -0.05) is 56.5 Å². The van der Waals surface area contributed by atoms with Crippen molar-refractivity contribution in [3.05, 3.63) is 35.9 Å². The molecular weight excluding hydrogens is 196 g/mol. The van der Waals surface area contributed by atoms with Crippen LogP contribution in [-0.4, -0.2) is 10.7 Å². The molecule has 1 aromatic carbocycles. The van der Waals surface area contributed by atoms with Gasteiger partial charge in [-0.2, -0.15) is 0 Å². The second kappa shape index (κ2) is 5.01. The van der Waals surface area contributed by atoms with E-state index in [0.717, 1.165) is 19.3 Å². The molecule has 1 atom stereocenters. The van der Waals surface area contributed by atoms with E-state index in [9.17, 15) is 5.11 Å². The Morgan fingerprint density at radius 2 is 1.75 bits per heavy atom. The SMILES string of the molecule is C[C@H](CC1(O)CCCCC1)c1ccccc1. The Kier molecular flexibility index (Phi) is 3.65. The Labute approximate surface area is 98.5 Å². The maximum Gasteiger partial charge on any atom is 0.0653 e. The topological polar surface area (TPSA) is 20.2 Å². The van der Waals surface area contributed by atoms with Crippen molar-refractivity contribution in [2.24, 2.45) is 0 Å². The second-order valence-electron chi connectivity index (χ2n) is 5.30. The highest BCUT2D eigenvalue weighted by Crippen LogP contribution is 2.36. The van der Waals surface area contributed by atoms with Crippen molar-refractivity contribution >= 4 is 0 Å². The maximum atomic E-state index is 10.5. The molecule has 16 heavy (non-hydrogen) atoms. The first-order valence-corrected chi connectivity index (χ1v) is 6.47. The minimum Gasteiger partial charge on any atom is -0.390 e. The molecule has 1 saturated carbocycles. The van der Waals surface area contributed by atoms with Gasteiger partial charge in [-0.05, 0) is 30.7 Å². The van der Waals surface area contributed by atoms with Crippen LogP contribution in [-0.2, 0) is 0 Å². The zero-order valence-electron chi connectivity index (χ0n) is 10.2. The van der Waals surface area contributed by atoms with Crippen LogP contribution in [0.15, 0.2) is 30.3 Å². The Hall–Kier alpha value is -0.820. The van der Waals surface area contributed by atoms with Gasteiger partial charge in [0.25, 0.3) is 0 Å². The molecule has 0 amide bonds. The molecule has 88 valence electrons. The quantitative estimate of drug-likeness (QED) is 0.816. The molecule has 0 aromatic heterocycles. The van der Waals surface area contributed by atoms with E-state index >= 15 is 0 Å². The number of hydrogen-bond donors (Lipinski definition) is 1. The summed E-state index contributed by atoms with van der Waals surface area (Å²) >= 11 is 0. The van der Waals surface area contributed by atoms with Gasteiger partial charge in [-0.3, -0.25) is 0 Å². The Morgan fingerprint density at radius 1 is 1.12 bits per heavy atom. The Balaban J connectivity index is 1.98. The van der Waals surface area contributed by atoms with Crippen molar-refractivity contribution in [2.45, 2.75) is 57.0 Å². The third-order valence-corrected chi connectivity index (χ3v) is 3.84. The van der Waals surface area contributed by atoms with Gasteiger partial charge in [0.2, 0.25) is 0 Å². The van der Waals surface area contributed by atoms with Gasteiger partial charge in [-0.15, -0.1) is 0 Å². The fourth-order valence-electron chi connectivity index (χ4n) is 2.88. The van der Waals surface area contributed by atoms with Crippen LogP contribution >= 0.6 is 0 Å². The van der Waals surface area contributed by atoms with E-state index in [1.54, 1.807) is 0 Å². The molecule has 0 heterocycles. The first-order valence-electron chi connectivity index (χ1n) is 6.47. The van der Waals surface area contributed by atoms with E-state index in [1.807, 2.05) is 6.07 Å². The molecule has 1 aromatic rings. The molecule has 1 aliphatic carbocycles. The molecule has 0 radical (unpaired) electrons. The third-order valence-electron chi connectivity index (χ3n) is 3.84. The molecule has 1 heteroatoms. The summed E-state index contributed by atoms with van der Waals surface area (Å²) in [7, 11) is 0. The largest absolute Gasteiger partial charge is 0.390 e. The standard InChI is InChI=1S/C15H22O/c1-13(14-8-4-2-5-9-14)12-15(16)10-6-3-7-11-15/h2,4-5,8-9,13,16H,3,6-7,10-12H2,1H3/t13-/m1/s1. The predicted octanol–water partition coefficient (Wildman–Crippen LogP) is 3.88. The zero-order chi connectivity index (χ0) is 11.4. The lowest BCUT2D eigenvalue weighted by Crippen LogP contribution is -2.32. The van der Waals surface area contributed by atoms with Gasteiger partial charge in [0.05, 0.1) is 5.60 Å². The van der Waals surface area contributed by atoms with Crippen molar-refractivity contribution in [1.82, 2.24) is 0 Å². The molecule has 1 aliphatic rings. The molecule has 0 saturated heterocycles. The summed E-state index contributed by atoms with van der Waals surface area (Å²) in [5, 5.41) is 10.5. The van der Waals surface area contributed by atoms with Crippen LogP contribution in [0.4, 0.5) is 0 Å². The molecule has 0 aliphatic heterocycles. The average molecular weight is 218 g/mol. The third kappa shape index (κ3) is 2.85. The van der Waals surface area contributed by atoms with Gasteiger partial charge in [0, 0.05) is 0 Å². The van der Waals surface area contributed by atoms with Gasteiger partial charge in [0.1, 0.15) is 0 Å². The average Bonchev–Trinajstić information content (AvgIpc) is 2.30. The van der Waals surface area contributed by atoms with Crippen molar-refractivity contribution in [2.75, 3.05) is 0 Å². The molecule has 2 rings (SSSR count). The van der Waals surface area contributed by atoms with Crippen LogP contribution in [0.1, 0.15) is 56.9 Å². The molecule has 1 nitrogen and oxygen atoms in total. The summed E-state index contributed by atoms with van der Waals surface area (Å²) in [5.41, 5.74) is 0.953. The van der Waals surface area contributed by atoms with Gasteiger partial charge in [-0.25, -0.2) is 0 Å². The van der Waals surface area contributed by atoms with E-state index < -0.39 is 5.60 Å². The lowest BCUT2D eigenvalue weighted by molar-refractivity contribution is -0.00856. The first-order chi connectivity index (χ1) is 7.70. The molecule has 0 spiro atoms. The van der Waals surface area contributed by atoms with Gasteiger partial charge < -0.3 is 5.11 Å². The predicted molar refractivity (Wildman–Crippen MR) is 67.5 cm³/mol. The smallest absolute Gasteiger partial charge is 0.0653 e. The van der Waals surface area contributed by atoms with E-state index in [-0.39, 0.29) is 0 Å². The summed E-state index contributed by atoms with van der Waals surface area (Å²) in [6, 6.07) is 10.5. The fraction of sp³-hybridized carbons (Fsp3) is 0.600. The number of benzene rings is 1. The zero-order valence-corrected chi connectivity index (χ0v) is 10.2. The number of rotatable bonds is 3.